The van der Waals surface area contributed by atoms with Crippen LogP contribution in [0.15, 0.2) is 60.9 Å². The smallest absolute Gasteiger partial charge is 0.227 e. The van der Waals surface area contributed by atoms with E-state index in [2.05, 4.69) is 62.7 Å². The number of hydrogen-bond donors (Lipinski definition) is 0. The molecule has 2 heterocycles. The van der Waals surface area contributed by atoms with Crippen LogP contribution in [0, 0.1) is 15.4 Å². The van der Waals surface area contributed by atoms with Crippen LogP contribution in [0.1, 0.15) is 30.0 Å². The molecule has 5 nitrogen and oxygen atoms in total. The summed E-state index contributed by atoms with van der Waals surface area (Å²) in [4.78, 5) is 4.33. The van der Waals surface area contributed by atoms with Gasteiger partial charge in [0, 0.05) is 34.7 Å². The summed E-state index contributed by atoms with van der Waals surface area (Å²) < 4.78 is 14.5. The lowest BCUT2D eigenvalue weighted by Crippen LogP contribution is -2.05. The first-order chi connectivity index (χ1) is 15.2. The summed E-state index contributed by atoms with van der Waals surface area (Å²) in [6.45, 7) is 3.05. The molecule has 0 N–H and O–H groups in total. The predicted octanol–water partition coefficient (Wildman–Crippen LogP) is 5.43. The number of methoxy groups -OCH3 is 1. The Morgan fingerprint density at radius 1 is 1.10 bits per heavy atom. The van der Waals surface area contributed by atoms with Crippen molar-refractivity contribution in [1.29, 1.82) is 0 Å². The van der Waals surface area contributed by atoms with Gasteiger partial charge in [-0.1, -0.05) is 37.0 Å². The highest BCUT2D eigenvalue weighted by Crippen LogP contribution is 2.25. The molecule has 0 fully saturated rings. The highest BCUT2D eigenvalue weighted by Gasteiger charge is 2.12. The van der Waals surface area contributed by atoms with Crippen LogP contribution in [0.5, 0.6) is 11.6 Å². The predicted molar refractivity (Wildman–Crippen MR) is 130 cm³/mol. The third-order valence-corrected chi connectivity index (χ3v) is 5.69. The molecule has 156 valence electrons. The van der Waals surface area contributed by atoms with Gasteiger partial charge in [-0.2, -0.15) is 5.10 Å². The molecule has 0 aliphatic carbocycles. The van der Waals surface area contributed by atoms with Gasteiger partial charge in [-0.05, 0) is 52.9 Å². The Kier molecular flexibility index (Phi) is 6.73. The average Bonchev–Trinajstić information content (AvgIpc) is 3.18. The van der Waals surface area contributed by atoms with Crippen molar-refractivity contribution < 1.29 is 9.47 Å². The van der Waals surface area contributed by atoms with Crippen LogP contribution in [0.25, 0.3) is 10.9 Å². The average molecular weight is 523 g/mol. The Morgan fingerprint density at radius 2 is 1.97 bits per heavy atom. The zero-order chi connectivity index (χ0) is 21.6. The highest BCUT2D eigenvalue weighted by atomic mass is 127. The molecule has 0 radical (unpaired) electrons. The minimum absolute atomic E-state index is 0.385. The summed E-state index contributed by atoms with van der Waals surface area (Å²) in [6.07, 6.45) is 4.42. The Bertz CT molecular complexity index is 1270. The summed E-state index contributed by atoms with van der Waals surface area (Å²) in [5.74, 6) is 7.93. The van der Waals surface area contributed by atoms with Gasteiger partial charge in [-0.15, -0.1) is 0 Å². The molecule has 0 saturated carbocycles. The number of para-hydroxylation sites is 1. The number of fused-ring (bicyclic) bond motifs is 1. The molecule has 2 aromatic heterocycles. The first-order valence-electron chi connectivity index (χ1n) is 10.0. The van der Waals surface area contributed by atoms with Crippen LogP contribution >= 0.6 is 22.6 Å². The molecule has 6 heteroatoms. The van der Waals surface area contributed by atoms with E-state index in [-0.39, 0.29) is 0 Å². The third-order valence-electron chi connectivity index (χ3n) is 4.87. The van der Waals surface area contributed by atoms with Crippen molar-refractivity contribution in [3.8, 4) is 23.5 Å². The van der Waals surface area contributed by atoms with Crippen LogP contribution in [-0.2, 0) is 13.2 Å². The van der Waals surface area contributed by atoms with Crippen molar-refractivity contribution in [2.75, 3.05) is 7.11 Å². The van der Waals surface area contributed by atoms with E-state index < -0.39 is 0 Å². The number of hydrogen-bond acceptors (Lipinski definition) is 4. The standard InChI is InChI=1S/C25H22IN3O2/c1-3-4-8-18-13-20-15-28-29(16-19-9-5-6-11-24(19)30-2)23(20)14-21(18)17-31-25-22(26)10-7-12-27-25/h5-7,9-15H,3,16-17H2,1-2H3. The first-order valence-corrected chi connectivity index (χ1v) is 11.1. The molecule has 2 aromatic carbocycles. The van der Waals surface area contributed by atoms with Gasteiger partial charge in [0.2, 0.25) is 5.88 Å². The molecule has 31 heavy (non-hydrogen) atoms. The van der Waals surface area contributed by atoms with Crippen LogP contribution in [0.4, 0.5) is 0 Å². The van der Waals surface area contributed by atoms with E-state index in [4.69, 9.17) is 9.47 Å². The lowest BCUT2D eigenvalue weighted by molar-refractivity contribution is 0.291. The minimum Gasteiger partial charge on any atom is -0.496 e. The second-order valence-electron chi connectivity index (χ2n) is 6.92. The molecular formula is C25H22IN3O2. The largest absolute Gasteiger partial charge is 0.496 e. The molecular weight excluding hydrogens is 501 g/mol. The number of aromatic nitrogens is 3. The van der Waals surface area contributed by atoms with Gasteiger partial charge in [-0.3, -0.25) is 4.68 Å². The second kappa shape index (κ2) is 9.84. The monoisotopic (exact) mass is 523 g/mol. The second-order valence-corrected chi connectivity index (χ2v) is 8.08. The van der Waals surface area contributed by atoms with Crippen LogP contribution in [-0.4, -0.2) is 21.9 Å². The number of pyridine rings is 1. The quantitative estimate of drug-likeness (QED) is 0.250. The Hall–Kier alpha value is -3.05. The van der Waals surface area contributed by atoms with E-state index in [1.165, 1.54) is 0 Å². The van der Waals surface area contributed by atoms with Crippen molar-refractivity contribution in [3.05, 3.63) is 81.2 Å². The van der Waals surface area contributed by atoms with Crippen molar-refractivity contribution >= 4 is 33.5 Å². The minimum atomic E-state index is 0.385. The molecule has 4 rings (SSSR count). The fourth-order valence-corrected chi connectivity index (χ4v) is 3.84. The molecule has 0 atom stereocenters. The van der Waals surface area contributed by atoms with Crippen molar-refractivity contribution in [1.82, 2.24) is 14.8 Å². The van der Waals surface area contributed by atoms with Crippen molar-refractivity contribution in [3.63, 3.8) is 0 Å². The summed E-state index contributed by atoms with van der Waals surface area (Å²) in [5.41, 5.74) is 4.07. The summed E-state index contributed by atoms with van der Waals surface area (Å²) >= 11 is 2.23. The van der Waals surface area contributed by atoms with Gasteiger partial charge in [0.15, 0.2) is 0 Å². The SMILES string of the molecule is CCC#Cc1cc2cnn(Cc3ccccc3OC)c2cc1COc1ncccc1I. The van der Waals surface area contributed by atoms with Gasteiger partial charge < -0.3 is 9.47 Å². The van der Waals surface area contributed by atoms with Gasteiger partial charge in [-0.25, -0.2) is 4.98 Å². The Labute approximate surface area is 195 Å². The molecule has 0 spiro atoms. The number of benzene rings is 2. The lowest BCUT2D eigenvalue weighted by Gasteiger charge is -2.11. The summed E-state index contributed by atoms with van der Waals surface area (Å²) in [7, 11) is 1.69. The molecule has 0 bridgehead atoms. The maximum Gasteiger partial charge on any atom is 0.227 e. The fraction of sp³-hybridized carbons (Fsp3) is 0.200. The molecule has 0 saturated heterocycles. The van der Waals surface area contributed by atoms with Gasteiger partial charge in [0.1, 0.15) is 12.4 Å². The van der Waals surface area contributed by atoms with E-state index in [1.807, 2.05) is 48.1 Å². The van der Waals surface area contributed by atoms with Crippen molar-refractivity contribution in [2.45, 2.75) is 26.5 Å². The summed E-state index contributed by atoms with van der Waals surface area (Å²) in [6, 6.07) is 16.1. The van der Waals surface area contributed by atoms with Gasteiger partial charge in [0.25, 0.3) is 0 Å². The van der Waals surface area contributed by atoms with Gasteiger partial charge >= 0.3 is 0 Å². The first kappa shape index (κ1) is 21.2. The molecule has 0 amide bonds. The number of ether oxygens (including phenoxy) is 2. The zero-order valence-corrected chi connectivity index (χ0v) is 19.6. The maximum atomic E-state index is 6.03. The topological polar surface area (TPSA) is 49.2 Å². The third kappa shape index (κ3) is 4.83. The van der Waals surface area contributed by atoms with E-state index in [9.17, 15) is 0 Å². The van der Waals surface area contributed by atoms with Gasteiger partial charge in [0.05, 0.1) is 28.9 Å². The molecule has 0 aliphatic rings. The van der Waals surface area contributed by atoms with Crippen LogP contribution in [0.2, 0.25) is 0 Å². The summed E-state index contributed by atoms with van der Waals surface area (Å²) in [5, 5.41) is 5.67. The number of rotatable bonds is 6. The lowest BCUT2D eigenvalue weighted by atomic mass is 10.1. The van der Waals surface area contributed by atoms with Crippen LogP contribution < -0.4 is 9.47 Å². The maximum absolute atomic E-state index is 6.03. The Morgan fingerprint density at radius 3 is 2.77 bits per heavy atom. The van der Waals surface area contributed by atoms with E-state index in [0.29, 0.717) is 19.0 Å². The molecule has 4 aromatic rings. The van der Waals surface area contributed by atoms with E-state index in [1.54, 1.807) is 13.3 Å². The van der Waals surface area contributed by atoms with Crippen molar-refractivity contribution in [2.24, 2.45) is 0 Å². The normalized spacial score (nSPS) is 10.5. The number of nitrogens with zero attached hydrogens (tertiary/aromatic N) is 3. The highest BCUT2D eigenvalue weighted by molar-refractivity contribution is 14.1. The van der Waals surface area contributed by atoms with Crippen LogP contribution in [0.3, 0.4) is 0 Å². The molecule has 0 unspecified atom stereocenters. The van der Waals surface area contributed by atoms with E-state index in [0.717, 1.165) is 43.3 Å². The van der Waals surface area contributed by atoms with E-state index >= 15 is 0 Å². The Balaban J connectivity index is 1.71. The fourth-order valence-electron chi connectivity index (χ4n) is 3.33. The number of halogens is 1. The zero-order valence-electron chi connectivity index (χ0n) is 17.4. The molecule has 0 aliphatic heterocycles.